The summed E-state index contributed by atoms with van der Waals surface area (Å²) in [7, 11) is 1.84. The smallest absolute Gasteiger partial charge is 0.167 e. The van der Waals surface area contributed by atoms with Crippen LogP contribution in [0.1, 0.15) is 18.5 Å². The van der Waals surface area contributed by atoms with Gasteiger partial charge in [0.05, 0.1) is 0 Å². The van der Waals surface area contributed by atoms with E-state index < -0.39 is 0 Å². The Morgan fingerprint density at radius 1 is 1.15 bits per heavy atom. The van der Waals surface area contributed by atoms with E-state index in [0.29, 0.717) is 5.75 Å². The van der Waals surface area contributed by atoms with Gasteiger partial charge in [0.1, 0.15) is 5.75 Å². The minimum Gasteiger partial charge on any atom is -0.454 e. The molecular weight excluding hydrogens is 273 g/mol. The Kier molecular flexibility index (Phi) is 5.04. The number of nitrogens with one attached hydrogen (secondary N) is 1. The standard InChI is InChI=1S/C16H18FNOS/c1-11(18-2)14-5-4-6-15(17)16(14)19-12-7-9-13(20-3)10-8-12/h4-11,18H,1-3H3. The number of hydrogen-bond acceptors (Lipinski definition) is 3. The molecule has 1 unspecified atom stereocenters. The van der Waals surface area contributed by atoms with Crippen LogP contribution in [0.2, 0.25) is 0 Å². The summed E-state index contributed by atoms with van der Waals surface area (Å²) in [5.74, 6) is 0.572. The van der Waals surface area contributed by atoms with Gasteiger partial charge in [-0.15, -0.1) is 11.8 Å². The van der Waals surface area contributed by atoms with Crippen LogP contribution in [0.4, 0.5) is 4.39 Å². The van der Waals surface area contributed by atoms with Crippen LogP contribution in [0.15, 0.2) is 47.4 Å². The Bertz CT molecular complexity index is 571. The Balaban J connectivity index is 2.31. The molecule has 0 saturated heterocycles. The van der Waals surface area contributed by atoms with Gasteiger partial charge in [-0.2, -0.15) is 0 Å². The molecule has 0 bridgehead atoms. The fourth-order valence-corrected chi connectivity index (χ4v) is 2.30. The SMILES string of the molecule is CNC(C)c1cccc(F)c1Oc1ccc(SC)cc1. The van der Waals surface area contributed by atoms with Crippen molar-refractivity contribution in [1.29, 1.82) is 0 Å². The molecule has 0 saturated carbocycles. The number of hydrogen-bond donors (Lipinski definition) is 1. The molecule has 0 fully saturated rings. The highest BCUT2D eigenvalue weighted by Gasteiger charge is 2.15. The number of halogens is 1. The molecule has 1 N–H and O–H groups in total. The lowest BCUT2D eigenvalue weighted by molar-refractivity contribution is 0.428. The van der Waals surface area contributed by atoms with Gasteiger partial charge in [0.15, 0.2) is 11.6 Å². The second-order valence-corrected chi connectivity index (χ2v) is 5.33. The highest BCUT2D eigenvalue weighted by molar-refractivity contribution is 7.98. The van der Waals surface area contributed by atoms with E-state index in [4.69, 9.17) is 4.74 Å². The van der Waals surface area contributed by atoms with Crippen molar-refractivity contribution < 1.29 is 9.13 Å². The Morgan fingerprint density at radius 2 is 1.85 bits per heavy atom. The second kappa shape index (κ2) is 6.77. The van der Waals surface area contributed by atoms with Crippen LogP contribution < -0.4 is 10.1 Å². The molecule has 2 aromatic carbocycles. The first-order valence-electron chi connectivity index (χ1n) is 6.43. The van der Waals surface area contributed by atoms with Crippen molar-refractivity contribution in [3.8, 4) is 11.5 Å². The van der Waals surface area contributed by atoms with Crippen LogP contribution in [-0.4, -0.2) is 13.3 Å². The maximum Gasteiger partial charge on any atom is 0.167 e. The van der Waals surface area contributed by atoms with Crippen LogP contribution in [0.5, 0.6) is 11.5 Å². The third-order valence-corrected chi connectivity index (χ3v) is 3.92. The molecule has 2 nitrogen and oxygen atoms in total. The molecule has 0 spiro atoms. The van der Waals surface area contributed by atoms with Crippen LogP contribution in [0.3, 0.4) is 0 Å². The molecule has 0 aliphatic heterocycles. The van der Waals surface area contributed by atoms with Gasteiger partial charge in [0, 0.05) is 16.5 Å². The van der Waals surface area contributed by atoms with Crippen molar-refractivity contribution in [3.05, 3.63) is 53.8 Å². The summed E-state index contributed by atoms with van der Waals surface area (Å²) in [4.78, 5) is 1.15. The molecule has 0 radical (unpaired) electrons. The summed E-state index contributed by atoms with van der Waals surface area (Å²) >= 11 is 1.66. The van der Waals surface area contributed by atoms with Gasteiger partial charge in [0.2, 0.25) is 0 Å². The Labute approximate surface area is 123 Å². The zero-order chi connectivity index (χ0) is 14.5. The van der Waals surface area contributed by atoms with Crippen molar-refractivity contribution in [2.75, 3.05) is 13.3 Å². The lowest BCUT2D eigenvalue weighted by Gasteiger charge is -2.17. The van der Waals surface area contributed by atoms with Gasteiger partial charge in [-0.25, -0.2) is 4.39 Å². The first kappa shape index (κ1) is 14.9. The Hall–Kier alpha value is -1.52. The van der Waals surface area contributed by atoms with Crippen LogP contribution >= 0.6 is 11.8 Å². The minimum atomic E-state index is -0.349. The van der Waals surface area contributed by atoms with Gasteiger partial charge >= 0.3 is 0 Å². The third kappa shape index (κ3) is 3.32. The van der Waals surface area contributed by atoms with Crippen LogP contribution in [0.25, 0.3) is 0 Å². The summed E-state index contributed by atoms with van der Waals surface area (Å²) in [6, 6.07) is 12.6. The monoisotopic (exact) mass is 291 g/mol. The average Bonchev–Trinajstić information content (AvgIpc) is 2.49. The zero-order valence-corrected chi connectivity index (χ0v) is 12.6. The number of benzene rings is 2. The highest BCUT2D eigenvalue weighted by Crippen LogP contribution is 2.32. The average molecular weight is 291 g/mol. The van der Waals surface area contributed by atoms with E-state index in [0.717, 1.165) is 10.5 Å². The number of ether oxygens (including phenoxy) is 1. The largest absolute Gasteiger partial charge is 0.454 e. The fraction of sp³-hybridized carbons (Fsp3) is 0.250. The molecular formula is C16H18FNOS. The maximum absolute atomic E-state index is 14.0. The normalized spacial score (nSPS) is 12.2. The summed E-state index contributed by atoms with van der Waals surface area (Å²) in [5, 5.41) is 3.10. The van der Waals surface area contributed by atoms with Gasteiger partial charge in [0.25, 0.3) is 0 Å². The molecule has 4 heteroatoms. The van der Waals surface area contributed by atoms with Crippen molar-refractivity contribution >= 4 is 11.8 Å². The summed E-state index contributed by atoms with van der Waals surface area (Å²) in [6.45, 7) is 1.97. The summed E-state index contributed by atoms with van der Waals surface area (Å²) < 4.78 is 19.8. The first-order chi connectivity index (χ1) is 9.65. The van der Waals surface area contributed by atoms with E-state index in [1.807, 2.05) is 50.6 Å². The van der Waals surface area contributed by atoms with Crippen LogP contribution in [-0.2, 0) is 0 Å². The molecule has 2 rings (SSSR count). The van der Waals surface area contributed by atoms with E-state index >= 15 is 0 Å². The van der Waals surface area contributed by atoms with E-state index in [2.05, 4.69) is 5.32 Å². The van der Waals surface area contributed by atoms with Crippen molar-refractivity contribution in [3.63, 3.8) is 0 Å². The van der Waals surface area contributed by atoms with Crippen molar-refractivity contribution in [1.82, 2.24) is 5.32 Å². The quantitative estimate of drug-likeness (QED) is 0.812. The van der Waals surface area contributed by atoms with Crippen molar-refractivity contribution in [2.24, 2.45) is 0 Å². The number of rotatable bonds is 5. The van der Waals surface area contributed by atoms with E-state index in [1.165, 1.54) is 6.07 Å². The third-order valence-electron chi connectivity index (χ3n) is 3.18. The second-order valence-electron chi connectivity index (χ2n) is 4.45. The summed E-state index contributed by atoms with van der Waals surface area (Å²) in [5.41, 5.74) is 0.807. The lowest BCUT2D eigenvalue weighted by atomic mass is 10.1. The molecule has 0 aromatic heterocycles. The summed E-state index contributed by atoms with van der Waals surface area (Å²) in [6.07, 6.45) is 2.01. The highest BCUT2D eigenvalue weighted by atomic mass is 32.2. The van der Waals surface area contributed by atoms with Crippen LogP contribution in [0, 0.1) is 5.82 Å². The van der Waals surface area contributed by atoms with E-state index in [1.54, 1.807) is 17.8 Å². The molecule has 0 amide bonds. The predicted octanol–water partition coefficient (Wildman–Crippen LogP) is 4.62. The van der Waals surface area contributed by atoms with Crippen molar-refractivity contribution in [2.45, 2.75) is 17.9 Å². The molecule has 106 valence electrons. The van der Waals surface area contributed by atoms with Gasteiger partial charge in [-0.3, -0.25) is 0 Å². The molecule has 0 heterocycles. The maximum atomic E-state index is 14.0. The van der Waals surface area contributed by atoms with Gasteiger partial charge in [-0.05, 0) is 50.6 Å². The van der Waals surface area contributed by atoms with Gasteiger partial charge < -0.3 is 10.1 Å². The predicted molar refractivity (Wildman–Crippen MR) is 82.2 cm³/mol. The topological polar surface area (TPSA) is 21.3 Å². The number of thioether (sulfide) groups is 1. The fourth-order valence-electron chi connectivity index (χ4n) is 1.89. The molecule has 0 aliphatic rings. The zero-order valence-electron chi connectivity index (χ0n) is 11.8. The molecule has 0 aliphatic carbocycles. The van der Waals surface area contributed by atoms with E-state index in [-0.39, 0.29) is 17.6 Å². The lowest BCUT2D eigenvalue weighted by Crippen LogP contribution is -2.13. The molecule has 20 heavy (non-hydrogen) atoms. The van der Waals surface area contributed by atoms with E-state index in [9.17, 15) is 4.39 Å². The Morgan fingerprint density at radius 3 is 2.45 bits per heavy atom. The molecule has 1 atom stereocenters. The first-order valence-corrected chi connectivity index (χ1v) is 7.65. The van der Waals surface area contributed by atoms with Gasteiger partial charge in [-0.1, -0.05) is 12.1 Å². The minimum absolute atomic E-state index is 0.0196. The molecule has 2 aromatic rings. The number of para-hydroxylation sites is 1.